The third-order valence-electron chi connectivity index (χ3n) is 2.55. The molecule has 20 heavy (non-hydrogen) atoms. The summed E-state index contributed by atoms with van der Waals surface area (Å²) in [4.78, 5) is 15.1. The van der Waals surface area contributed by atoms with Gasteiger partial charge in [0.25, 0.3) is 5.91 Å². The number of hydrogen-bond acceptors (Lipinski definition) is 4. The molecule has 1 amide bonds. The summed E-state index contributed by atoms with van der Waals surface area (Å²) >= 11 is 3.06. The first-order valence-corrected chi connectivity index (χ1v) is 7.91. The molecule has 0 atom stereocenters. The summed E-state index contributed by atoms with van der Waals surface area (Å²) in [6.07, 6.45) is 0.422. The van der Waals surface area contributed by atoms with Crippen LogP contribution in [0.4, 0.5) is 0 Å². The molecule has 2 aromatic rings. The predicted octanol–water partition coefficient (Wildman–Crippen LogP) is 2.78. The number of aryl methyl sites for hydroxylation is 1. The van der Waals surface area contributed by atoms with Crippen LogP contribution in [0.1, 0.15) is 31.4 Å². The Hall–Kier alpha value is -1.61. The zero-order chi connectivity index (χ0) is 14.4. The zero-order valence-electron chi connectivity index (χ0n) is 11.1. The number of carbonyl (C=O) groups is 1. The minimum atomic E-state index is -0.0978. The minimum Gasteiger partial charge on any atom is -0.395 e. The fourth-order valence-electron chi connectivity index (χ4n) is 1.62. The summed E-state index contributed by atoms with van der Waals surface area (Å²) in [7, 11) is 0. The van der Waals surface area contributed by atoms with Gasteiger partial charge in [0.15, 0.2) is 0 Å². The van der Waals surface area contributed by atoms with Crippen molar-refractivity contribution in [2.24, 2.45) is 0 Å². The first kappa shape index (κ1) is 14.8. The Morgan fingerprint density at radius 2 is 2.25 bits per heavy atom. The van der Waals surface area contributed by atoms with E-state index in [1.807, 2.05) is 30.5 Å². The van der Waals surface area contributed by atoms with Gasteiger partial charge in [-0.25, -0.2) is 0 Å². The monoisotopic (exact) mass is 305 g/mol. The van der Waals surface area contributed by atoms with Crippen molar-refractivity contribution in [1.82, 2.24) is 5.32 Å². The van der Waals surface area contributed by atoms with Crippen molar-refractivity contribution in [2.75, 3.05) is 6.61 Å². The molecule has 0 spiro atoms. The maximum Gasteiger partial charge on any atom is 0.262 e. The van der Waals surface area contributed by atoms with Crippen LogP contribution in [-0.4, -0.2) is 17.6 Å². The maximum absolute atomic E-state index is 12.1. The highest BCUT2D eigenvalue weighted by Crippen LogP contribution is 2.17. The van der Waals surface area contributed by atoms with Crippen molar-refractivity contribution in [1.29, 1.82) is 0 Å². The predicted molar refractivity (Wildman–Crippen MR) is 83.1 cm³/mol. The topological polar surface area (TPSA) is 49.3 Å². The van der Waals surface area contributed by atoms with Crippen LogP contribution >= 0.6 is 22.7 Å². The van der Waals surface area contributed by atoms with E-state index in [9.17, 15) is 4.79 Å². The average Bonchev–Trinajstić information content (AvgIpc) is 3.05. The van der Waals surface area contributed by atoms with Crippen LogP contribution in [0.5, 0.6) is 0 Å². The van der Waals surface area contributed by atoms with Gasteiger partial charge in [-0.3, -0.25) is 4.79 Å². The SMILES string of the molecule is Cc1ccc(CNC(=O)c2sccc2C#CCCO)s1. The Kier molecular flexibility index (Phi) is 5.36. The van der Waals surface area contributed by atoms with Crippen LogP contribution in [-0.2, 0) is 6.54 Å². The van der Waals surface area contributed by atoms with Crippen LogP contribution < -0.4 is 5.32 Å². The summed E-state index contributed by atoms with van der Waals surface area (Å²) in [6, 6.07) is 5.90. The molecule has 5 heteroatoms. The van der Waals surface area contributed by atoms with Crippen molar-refractivity contribution < 1.29 is 9.90 Å². The van der Waals surface area contributed by atoms with Crippen molar-refractivity contribution in [3.8, 4) is 11.8 Å². The Bertz CT molecular complexity index is 646. The molecule has 0 unspecified atom stereocenters. The molecule has 0 bridgehead atoms. The number of thiophene rings is 2. The average molecular weight is 305 g/mol. The molecule has 0 aliphatic heterocycles. The van der Waals surface area contributed by atoms with Gasteiger partial charge in [-0.1, -0.05) is 11.8 Å². The van der Waals surface area contributed by atoms with E-state index >= 15 is 0 Å². The molecule has 0 aromatic carbocycles. The zero-order valence-corrected chi connectivity index (χ0v) is 12.7. The summed E-state index contributed by atoms with van der Waals surface area (Å²) in [5.41, 5.74) is 0.725. The molecule has 0 saturated carbocycles. The highest BCUT2D eigenvalue weighted by molar-refractivity contribution is 7.12. The highest BCUT2D eigenvalue weighted by Gasteiger charge is 2.11. The normalized spacial score (nSPS) is 9.90. The standard InChI is InChI=1S/C15H15NO2S2/c1-11-5-6-13(20-11)10-16-15(18)14-12(7-9-19-14)4-2-3-8-17/h5-7,9,17H,3,8,10H2,1H3,(H,16,18). The van der Waals surface area contributed by atoms with Crippen molar-refractivity contribution >= 4 is 28.6 Å². The lowest BCUT2D eigenvalue weighted by atomic mass is 10.2. The third-order valence-corrected chi connectivity index (χ3v) is 4.46. The summed E-state index contributed by atoms with van der Waals surface area (Å²) in [5.74, 6) is 5.66. The van der Waals surface area contributed by atoms with E-state index < -0.39 is 0 Å². The number of aliphatic hydroxyl groups excluding tert-OH is 1. The Morgan fingerprint density at radius 3 is 2.95 bits per heavy atom. The molecule has 2 heterocycles. The van der Waals surface area contributed by atoms with Gasteiger partial charge in [-0.2, -0.15) is 0 Å². The van der Waals surface area contributed by atoms with Gasteiger partial charge in [0.1, 0.15) is 4.88 Å². The lowest BCUT2D eigenvalue weighted by molar-refractivity contribution is 0.0955. The molecule has 104 valence electrons. The molecule has 0 aliphatic carbocycles. The minimum absolute atomic E-state index is 0.0381. The highest BCUT2D eigenvalue weighted by atomic mass is 32.1. The van der Waals surface area contributed by atoms with Crippen LogP contribution in [0.25, 0.3) is 0 Å². The Morgan fingerprint density at radius 1 is 1.40 bits per heavy atom. The molecular formula is C15H15NO2S2. The van der Waals surface area contributed by atoms with E-state index in [0.717, 1.165) is 10.4 Å². The van der Waals surface area contributed by atoms with Gasteiger partial charge in [0, 0.05) is 21.7 Å². The van der Waals surface area contributed by atoms with Gasteiger partial charge in [-0.05, 0) is 30.5 Å². The summed E-state index contributed by atoms with van der Waals surface area (Å²) in [5, 5.41) is 13.5. The first-order valence-electron chi connectivity index (χ1n) is 6.21. The molecule has 2 aromatic heterocycles. The fraction of sp³-hybridized carbons (Fsp3) is 0.267. The molecule has 2 N–H and O–H groups in total. The fourth-order valence-corrected chi connectivity index (χ4v) is 3.22. The first-order chi connectivity index (χ1) is 9.70. The Labute approximate surface area is 126 Å². The van der Waals surface area contributed by atoms with Crippen LogP contribution in [0.15, 0.2) is 23.6 Å². The van der Waals surface area contributed by atoms with Crippen molar-refractivity contribution in [2.45, 2.75) is 19.9 Å². The van der Waals surface area contributed by atoms with Gasteiger partial charge in [0.05, 0.1) is 13.2 Å². The van der Waals surface area contributed by atoms with Crippen molar-refractivity contribution in [3.63, 3.8) is 0 Å². The number of hydrogen-bond donors (Lipinski definition) is 2. The summed E-state index contributed by atoms with van der Waals surface area (Å²) in [6.45, 7) is 2.62. The van der Waals surface area contributed by atoms with E-state index in [2.05, 4.69) is 17.2 Å². The van der Waals surface area contributed by atoms with E-state index in [1.54, 1.807) is 11.3 Å². The second-order valence-corrected chi connectivity index (χ2v) is 6.42. The van der Waals surface area contributed by atoms with Crippen LogP contribution in [0.2, 0.25) is 0 Å². The van der Waals surface area contributed by atoms with E-state index in [0.29, 0.717) is 17.8 Å². The van der Waals surface area contributed by atoms with Gasteiger partial charge < -0.3 is 10.4 Å². The number of carbonyl (C=O) groups excluding carboxylic acids is 1. The largest absolute Gasteiger partial charge is 0.395 e. The summed E-state index contributed by atoms with van der Waals surface area (Å²) < 4.78 is 0. The second-order valence-electron chi connectivity index (χ2n) is 4.13. The molecular weight excluding hydrogens is 290 g/mol. The number of rotatable bonds is 4. The molecule has 3 nitrogen and oxygen atoms in total. The number of amides is 1. The number of aliphatic hydroxyl groups is 1. The Balaban J connectivity index is 1.99. The third kappa shape index (κ3) is 3.94. The molecule has 0 saturated heterocycles. The van der Waals surface area contributed by atoms with Gasteiger partial charge in [-0.15, -0.1) is 22.7 Å². The van der Waals surface area contributed by atoms with Gasteiger partial charge >= 0.3 is 0 Å². The molecule has 0 radical (unpaired) electrons. The maximum atomic E-state index is 12.1. The smallest absolute Gasteiger partial charge is 0.262 e. The molecule has 0 fully saturated rings. The van der Waals surface area contributed by atoms with Crippen molar-refractivity contribution in [3.05, 3.63) is 43.8 Å². The van der Waals surface area contributed by atoms with Gasteiger partial charge in [0.2, 0.25) is 0 Å². The van der Waals surface area contributed by atoms with E-state index in [4.69, 9.17) is 5.11 Å². The van der Waals surface area contributed by atoms with Crippen LogP contribution in [0, 0.1) is 18.8 Å². The lowest BCUT2D eigenvalue weighted by Gasteiger charge is -2.02. The number of nitrogens with one attached hydrogen (secondary N) is 1. The lowest BCUT2D eigenvalue weighted by Crippen LogP contribution is -2.22. The molecule has 0 aliphatic rings. The van der Waals surface area contributed by atoms with E-state index in [-0.39, 0.29) is 12.5 Å². The van der Waals surface area contributed by atoms with Crippen LogP contribution in [0.3, 0.4) is 0 Å². The van der Waals surface area contributed by atoms with E-state index in [1.165, 1.54) is 16.2 Å². The molecule has 2 rings (SSSR count). The second kappa shape index (κ2) is 7.25. The quantitative estimate of drug-likeness (QED) is 0.853.